The number of pyridine rings is 1. The number of rotatable bonds is 2. The summed E-state index contributed by atoms with van der Waals surface area (Å²) in [5, 5.41) is 9.16. The number of carboxylic acids is 1. The maximum atomic E-state index is 11.2. The number of hydrogen-bond donors (Lipinski definition) is 1. The lowest BCUT2D eigenvalue weighted by atomic mass is 9.85. The Morgan fingerprint density at radius 1 is 1.53 bits per heavy atom. The molecule has 17 heavy (non-hydrogen) atoms. The molecule has 5 heteroatoms. The van der Waals surface area contributed by atoms with Crippen LogP contribution in [0.1, 0.15) is 41.4 Å². The van der Waals surface area contributed by atoms with Crippen molar-refractivity contribution in [3.63, 3.8) is 0 Å². The number of carbonyl (C=O) groups is 1. The molecule has 0 saturated heterocycles. The monoisotopic (exact) mass is 294 g/mol. The third-order valence-corrected chi connectivity index (χ3v) is 3.90. The Balaban J connectivity index is 2.27. The average Bonchev–Trinajstić information content (AvgIpc) is 2.54. The number of carboxylic acid groups (broad SMARTS) is 1. The molecule has 4 nitrogen and oxygen atoms in total. The van der Waals surface area contributed by atoms with Gasteiger partial charge in [0.15, 0.2) is 0 Å². The van der Waals surface area contributed by atoms with Crippen LogP contribution in [0.4, 0.5) is 0 Å². The minimum atomic E-state index is -0.920. The third kappa shape index (κ3) is 1.57. The van der Waals surface area contributed by atoms with Crippen LogP contribution in [0.3, 0.4) is 0 Å². The minimum absolute atomic E-state index is 0.289. The molecule has 0 amide bonds. The van der Waals surface area contributed by atoms with Gasteiger partial charge in [-0.25, -0.2) is 9.78 Å². The fourth-order valence-corrected chi connectivity index (χ4v) is 2.83. The molecule has 1 aliphatic rings. The summed E-state index contributed by atoms with van der Waals surface area (Å²) in [4.78, 5) is 15.6. The molecule has 1 saturated carbocycles. The van der Waals surface area contributed by atoms with Crippen LogP contribution in [0.2, 0.25) is 0 Å². The van der Waals surface area contributed by atoms with E-state index in [0.717, 1.165) is 18.7 Å². The second kappa shape index (κ2) is 3.84. The number of halogens is 1. The number of imidazole rings is 1. The van der Waals surface area contributed by atoms with Crippen LogP contribution in [-0.2, 0) is 0 Å². The van der Waals surface area contributed by atoms with Gasteiger partial charge in [0.05, 0.1) is 11.1 Å². The first-order chi connectivity index (χ1) is 8.18. The highest BCUT2D eigenvalue weighted by atomic mass is 79.9. The number of nitrogens with zero attached hydrogens (tertiary/aromatic N) is 2. The lowest BCUT2D eigenvalue weighted by molar-refractivity contribution is 0.0698. The molecule has 0 aliphatic heterocycles. The van der Waals surface area contributed by atoms with Crippen molar-refractivity contribution in [1.29, 1.82) is 0 Å². The molecule has 3 rings (SSSR count). The zero-order valence-corrected chi connectivity index (χ0v) is 10.6. The number of aromatic nitrogens is 2. The van der Waals surface area contributed by atoms with E-state index in [0.29, 0.717) is 16.0 Å². The Hall–Kier alpha value is -1.36. The quantitative estimate of drug-likeness (QED) is 0.926. The van der Waals surface area contributed by atoms with Gasteiger partial charge in [-0.1, -0.05) is 6.42 Å². The average molecular weight is 295 g/mol. The van der Waals surface area contributed by atoms with Gasteiger partial charge in [-0.15, -0.1) is 0 Å². The largest absolute Gasteiger partial charge is 0.478 e. The van der Waals surface area contributed by atoms with Crippen LogP contribution < -0.4 is 0 Å². The Morgan fingerprint density at radius 2 is 2.29 bits per heavy atom. The number of fused-ring (bicyclic) bond motifs is 1. The summed E-state index contributed by atoms with van der Waals surface area (Å²) in [5.74, 6) is 0.524. The first-order valence-electron chi connectivity index (χ1n) is 5.58. The predicted molar refractivity (Wildman–Crippen MR) is 66.4 cm³/mol. The molecule has 88 valence electrons. The van der Waals surface area contributed by atoms with Crippen molar-refractivity contribution in [2.24, 2.45) is 0 Å². The zero-order valence-electron chi connectivity index (χ0n) is 9.06. The maximum absolute atomic E-state index is 11.2. The SMILES string of the molecule is O=C(O)c1cccn2c(C3CCC3)nc(Br)c12. The van der Waals surface area contributed by atoms with Gasteiger partial charge in [0.25, 0.3) is 0 Å². The summed E-state index contributed by atoms with van der Waals surface area (Å²) in [6.07, 6.45) is 5.40. The first-order valence-corrected chi connectivity index (χ1v) is 6.37. The topological polar surface area (TPSA) is 54.6 Å². The van der Waals surface area contributed by atoms with Gasteiger partial charge in [-0.05, 0) is 40.9 Å². The summed E-state index contributed by atoms with van der Waals surface area (Å²) in [6, 6.07) is 3.36. The van der Waals surface area contributed by atoms with Crippen molar-refractivity contribution >= 4 is 27.4 Å². The molecule has 2 aromatic rings. The van der Waals surface area contributed by atoms with E-state index in [2.05, 4.69) is 20.9 Å². The summed E-state index contributed by atoms with van der Waals surface area (Å²) in [6.45, 7) is 0. The molecule has 1 N–H and O–H groups in total. The summed E-state index contributed by atoms with van der Waals surface area (Å²) >= 11 is 3.36. The molecule has 0 atom stereocenters. The highest BCUT2D eigenvalue weighted by molar-refractivity contribution is 9.10. The molecule has 1 fully saturated rings. The van der Waals surface area contributed by atoms with E-state index in [1.807, 2.05) is 10.6 Å². The van der Waals surface area contributed by atoms with E-state index in [-0.39, 0.29) is 5.56 Å². The van der Waals surface area contributed by atoms with Crippen molar-refractivity contribution in [2.75, 3.05) is 0 Å². The first kappa shape index (κ1) is 10.8. The van der Waals surface area contributed by atoms with Crippen molar-refractivity contribution in [1.82, 2.24) is 9.38 Å². The van der Waals surface area contributed by atoms with E-state index in [9.17, 15) is 4.79 Å². The standard InChI is InChI=1S/C12H11BrN2O2/c13-10-9-8(12(16)17)5-2-6-15(9)11(14-10)7-3-1-4-7/h2,5-7H,1,3-4H2,(H,16,17). The summed E-state index contributed by atoms with van der Waals surface area (Å²) < 4.78 is 2.52. The molecule has 0 unspecified atom stereocenters. The van der Waals surface area contributed by atoms with Gasteiger partial charge in [0, 0.05) is 12.1 Å². The molecule has 2 aromatic heterocycles. The van der Waals surface area contributed by atoms with Gasteiger partial charge in [-0.2, -0.15) is 0 Å². The van der Waals surface area contributed by atoms with E-state index < -0.39 is 5.97 Å². The Kier molecular flexibility index (Phi) is 2.43. The van der Waals surface area contributed by atoms with Crippen LogP contribution in [0.5, 0.6) is 0 Å². The highest BCUT2D eigenvalue weighted by Gasteiger charge is 2.26. The van der Waals surface area contributed by atoms with Crippen molar-refractivity contribution in [3.8, 4) is 0 Å². The van der Waals surface area contributed by atoms with Crippen LogP contribution >= 0.6 is 15.9 Å². The van der Waals surface area contributed by atoms with Gasteiger partial charge >= 0.3 is 5.97 Å². The zero-order chi connectivity index (χ0) is 12.0. The van der Waals surface area contributed by atoms with Crippen molar-refractivity contribution in [3.05, 3.63) is 34.3 Å². The lowest BCUT2D eigenvalue weighted by Crippen LogP contribution is -2.12. The second-order valence-corrected chi connectivity index (χ2v) is 5.09. The maximum Gasteiger partial charge on any atom is 0.337 e. The van der Waals surface area contributed by atoms with Gasteiger partial charge < -0.3 is 9.51 Å². The second-order valence-electron chi connectivity index (χ2n) is 4.33. The molecule has 1 aliphatic carbocycles. The van der Waals surface area contributed by atoms with Crippen LogP contribution in [0.15, 0.2) is 22.9 Å². The minimum Gasteiger partial charge on any atom is -0.478 e. The number of aromatic carboxylic acids is 1. The summed E-state index contributed by atoms with van der Waals surface area (Å²) in [7, 11) is 0. The van der Waals surface area contributed by atoms with Gasteiger partial charge in [0.1, 0.15) is 10.4 Å². The summed E-state index contributed by atoms with van der Waals surface area (Å²) in [5.41, 5.74) is 0.944. The van der Waals surface area contributed by atoms with E-state index in [1.54, 1.807) is 12.1 Å². The molecule has 0 radical (unpaired) electrons. The van der Waals surface area contributed by atoms with Crippen LogP contribution in [-0.4, -0.2) is 20.5 Å². The van der Waals surface area contributed by atoms with Gasteiger partial charge in [0.2, 0.25) is 0 Å². The fraction of sp³-hybridized carbons (Fsp3) is 0.333. The molecular weight excluding hydrogens is 284 g/mol. The van der Waals surface area contributed by atoms with Crippen molar-refractivity contribution in [2.45, 2.75) is 25.2 Å². The van der Waals surface area contributed by atoms with Crippen molar-refractivity contribution < 1.29 is 9.90 Å². The number of hydrogen-bond acceptors (Lipinski definition) is 2. The molecule has 0 spiro atoms. The van der Waals surface area contributed by atoms with Crippen LogP contribution in [0, 0.1) is 0 Å². The third-order valence-electron chi connectivity index (χ3n) is 3.35. The Morgan fingerprint density at radius 3 is 2.88 bits per heavy atom. The lowest BCUT2D eigenvalue weighted by Gasteiger charge is -2.23. The Bertz CT molecular complexity index is 602. The highest BCUT2D eigenvalue weighted by Crippen LogP contribution is 2.37. The van der Waals surface area contributed by atoms with E-state index in [4.69, 9.17) is 5.11 Å². The molecule has 0 bridgehead atoms. The fourth-order valence-electron chi connectivity index (χ4n) is 2.24. The predicted octanol–water partition coefficient (Wildman–Crippen LogP) is 3.06. The van der Waals surface area contributed by atoms with Gasteiger partial charge in [-0.3, -0.25) is 0 Å². The van der Waals surface area contributed by atoms with E-state index in [1.165, 1.54) is 6.42 Å². The molecular formula is C12H11BrN2O2. The normalized spacial score (nSPS) is 16.1. The smallest absolute Gasteiger partial charge is 0.337 e. The van der Waals surface area contributed by atoms with Crippen LogP contribution in [0.25, 0.3) is 5.52 Å². The molecule has 0 aromatic carbocycles. The Labute approximate surface area is 106 Å². The van der Waals surface area contributed by atoms with E-state index >= 15 is 0 Å². The molecule has 2 heterocycles.